The molecule has 2 aromatic rings. The highest BCUT2D eigenvalue weighted by Crippen LogP contribution is 2.41. The summed E-state index contributed by atoms with van der Waals surface area (Å²) in [6.07, 6.45) is 0.174. The van der Waals surface area contributed by atoms with Crippen molar-refractivity contribution in [3.63, 3.8) is 0 Å². The van der Waals surface area contributed by atoms with Gasteiger partial charge in [-0.05, 0) is 46.6 Å². The Kier molecular flexibility index (Phi) is 4.59. The molecule has 0 spiro atoms. The molecule has 3 rings (SSSR count). The quantitative estimate of drug-likeness (QED) is 0.737. The molecule has 1 aliphatic heterocycles. The number of aliphatic hydroxyl groups is 1. The summed E-state index contributed by atoms with van der Waals surface area (Å²) in [7, 11) is 0. The summed E-state index contributed by atoms with van der Waals surface area (Å²) in [5.41, 5.74) is 1.91. The Morgan fingerprint density at radius 2 is 1.81 bits per heavy atom. The second kappa shape index (κ2) is 6.28. The van der Waals surface area contributed by atoms with E-state index in [4.69, 9.17) is 9.47 Å². The Hall–Kier alpha value is -0.560. The number of hydrogen-bond acceptors (Lipinski definition) is 4. The average Bonchev–Trinajstić information content (AvgIpc) is 2.66. The van der Waals surface area contributed by atoms with Gasteiger partial charge in [-0.25, -0.2) is 0 Å². The third-order valence-electron chi connectivity index (χ3n) is 3.31. The lowest BCUT2D eigenvalue weighted by atomic mass is 10.1. The lowest BCUT2D eigenvalue weighted by Crippen LogP contribution is -2.01. The van der Waals surface area contributed by atoms with Crippen LogP contribution in [0.3, 0.4) is 0 Å². The zero-order chi connectivity index (χ0) is 15.0. The standard InChI is InChI=1S/C15H14Br2O3S/c1-8-5-13(21-15(8)17)14(18)9-6-11-12(7-10(9)16)20-4-2-3-19-11/h5-7,14,18H,2-4H2,1H3. The molecule has 0 aliphatic carbocycles. The number of halogens is 2. The van der Waals surface area contributed by atoms with Gasteiger partial charge in [0.15, 0.2) is 11.5 Å². The summed E-state index contributed by atoms with van der Waals surface area (Å²) in [5, 5.41) is 10.6. The average molecular weight is 434 g/mol. The number of hydrogen-bond donors (Lipinski definition) is 1. The number of fused-ring (bicyclic) bond motifs is 1. The second-order valence-corrected chi connectivity index (χ2v) is 8.13. The van der Waals surface area contributed by atoms with Gasteiger partial charge in [-0.15, -0.1) is 11.3 Å². The molecule has 0 fully saturated rings. The SMILES string of the molecule is Cc1cc(C(O)c2cc3c(cc2Br)OCCCO3)sc1Br. The fraction of sp³-hybridized carbons (Fsp3) is 0.333. The van der Waals surface area contributed by atoms with Crippen LogP contribution in [-0.2, 0) is 0 Å². The van der Waals surface area contributed by atoms with Crippen LogP contribution in [0.2, 0.25) is 0 Å². The largest absolute Gasteiger partial charge is 0.490 e. The van der Waals surface area contributed by atoms with E-state index in [-0.39, 0.29) is 0 Å². The van der Waals surface area contributed by atoms with E-state index in [1.54, 1.807) is 11.3 Å². The molecule has 0 radical (unpaired) electrons. The third-order valence-corrected chi connectivity index (χ3v) is 6.18. The van der Waals surface area contributed by atoms with Crippen molar-refractivity contribution >= 4 is 43.2 Å². The molecule has 1 N–H and O–H groups in total. The number of aliphatic hydroxyl groups excluding tert-OH is 1. The maximum absolute atomic E-state index is 10.6. The lowest BCUT2D eigenvalue weighted by molar-refractivity contribution is 0.222. The molecular weight excluding hydrogens is 420 g/mol. The summed E-state index contributed by atoms with van der Waals surface area (Å²) >= 11 is 8.56. The summed E-state index contributed by atoms with van der Waals surface area (Å²) in [4.78, 5) is 0.898. The fourth-order valence-corrected chi connectivity index (χ4v) is 4.30. The first-order valence-corrected chi connectivity index (χ1v) is 8.99. The van der Waals surface area contributed by atoms with E-state index < -0.39 is 6.10 Å². The van der Waals surface area contributed by atoms with E-state index in [1.807, 2.05) is 25.1 Å². The van der Waals surface area contributed by atoms with Crippen molar-refractivity contribution in [2.24, 2.45) is 0 Å². The van der Waals surface area contributed by atoms with Gasteiger partial charge in [0.05, 0.1) is 17.0 Å². The van der Waals surface area contributed by atoms with Crippen LogP contribution in [0, 0.1) is 6.92 Å². The molecule has 1 unspecified atom stereocenters. The van der Waals surface area contributed by atoms with Gasteiger partial charge in [-0.2, -0.15) is 0 Å². The molecule has 0 saturated carbocycles. The Labute approximate surface area is 144 Å². The number of rotatable bonds is 2. The van der Waals surface area contributed by atoms with Gasteiger partial charge in [-0.1, -0.05) is 15.9 Å². The summed E-state index contributed by atoms with van der Waals surface area (Å²) < 4.78 is 13.2. The van der Waals surface area contributed by atoms with Gasteiger partial charge in [-0.3, -0.25) is 0 Å². The minimum Gasteiger partial charge on any atom is -0.490 e. The van der Waals surface area contributed by atoms with E-state index in [0.717, 1.165) is 36.4 Å². The van der Waals surface area contributed by atoms with Gasteiger partial charge >= 0.3 is 0 Å². The first-order valence-electron chi connectivity index (χ1n) is 6.59. The minimum absolute atomic E-state index is 0.633. The minimum atomic E-state index is -0.688. The molecule has 112 valence electrons. The smallest absolute Gasteiger partial charge is 0.162 e. The molecule has 1 aromatic heterocycles. The molecule has 6 heteroatoms. The molecule has 1 aliphatic rings. The monoisotopic (exact) mass is 432 g/mol. The summed E-state index contributed by atoms with van der Waals surface area (Å²) in [5.74, 6) is 1.41. The summed E-state index contributed by atoms with van der Waals surface area (Å²) in [6.45, 7) is 3.30. The van der Waals surface area contributed by atoms with E-state index in [0.29, 0.717) is 19.0 Å². The molecule has 0 saturated heterocycles. The van der Waals surface area contributed by atoms with Crippen molar-refractivity contribution in [2.45, 2.75) is 19.4 Å². The van der Waals surface area contributed by atoms with Gasteiger partial charge < -0.3 is 14.6 Å². The van der Waals surface area contributed by atoms with Crippen LogP contribution in [0.5, 0.6) is 11.5 Å². The topological polar surface area (TPSA) is 38.7 Å². The maximum Gasteiger partial charge on any atom is 0.162 e. The van der Waals surface area contributed by atoms with Gasteiger partial charge in [0, 0.05) is 21.3 Å². The summed E-state index contributed by atoms with van der Waals surface area (Å²) in [6, 6.07) is 5.72. The molecule has 0 bridgehead atoms. The second-order valence-electron chi connectivity index (χ2n) is 4.88. The zero-order valence-electron chi connectivity index (χ0n) is 11.4. The highest BCUT2D eigenvalue weighted by molar-refractivity contribution is 9.11. The van der Waals surface area contributed by atoms with Gasteiger partial charge in [0.25, 0.3) is 0 Å². The van der Waals surface area contributed by atoms with Crippen LogP contribution in [0.15, 0.2) is 26.5 Å². The maximum atomic E-state index is 10.6. The van der Waals surface area contributed by atoms with E-state index in [1.165, 1.54) is 0 Å². The van der Waals surface area contributed by atoms with Crippen LogP contribution in [0.4, 0.5) is 0 Å². The van der Waals surface area contributed by atoms with Gasteiger partial charge in [0.2, 0.25) is 0 Å². The van der Waals surface area contributed by atoms with Crippen LogP contribution >= 0.6 is 43.2 Å². The Morgan fingerprint density at radius 3 is 2.43 bits per heavy atom. The Balaban J connectivity index is 1.99. The van der Waals surface area contributed by atoms with Crippen molar-refractivity contribution < 1.29 is 14.6 Å². The predicted molar refractivity (Wildman–Crippen MR) is 90.6 cm³/mol. The first kappa shape index (κ1) is 15.3. The van der Waals surface area contributed by atoms with E-state index in [9.17, 15) is 5.11 Å². The highest BCUT2D eigenvalue weighted by Gasteiger charge is 2.21. The number of thiophene rings is 1. The number of benzene rings is 1. The van der Waals surface area contributed by atoms with E-state index >= 15 is 0 Å². The van der Waals surface area contributed by atoms with Crippen molar-refractivity contribution in [1.29, 1.82) is 0 Å². The molecule has 0 amide bonds. The molecule has 2 heterocycles. The van der Waals surface area contributed by atoms with Crippen molar-refractivity contribution in [2.75, 3.05) is 13.2 Å². The zero-order valence-corrected chi connectivity index (χ0v) is 15.3. The molecular formula is C15H14Br2O3S. The predicted octanol–water partition coefficient (Wildman–Crippen LogP) is 4.82. The number of aryl methyl sites for hydroxylation is 1. The third kappa shape index (κ3) is 3.13. The Morgan fingerprint density at radius 1 is 1.14 bits per heavy atom. The van der Waals surface area contributed by atoms with Crippen LogP contribution in [0.25, 0.3) is 0 Å². The van der Waals surface area contributed by atoms with Crippen LogP contribution in [-0.4, -0.2) is 18.3 Å². The Bertz CT molecular complexity index is 650. The first-order chi connectivity index (χ1) is 10.1. The normalized spacial score (nSPS) is 15.6. The van der Waals surface area contributed by atoms with Gasteiger partial charge in [0.1, 0.15) is 6.10 Å². The van der Waals surface area contributed by atoms with Crippen molar-refractivity contribution in [1.82, 2.24) is 0 Å². The number of ether oxygens (including phenoxy) is 2. The van der Waals surface area contributed by atoms with Crippen molar-refractivity contribution in [3.8, 4) is 11.5 Å². The fourth-order valence-electron chi connectivity index (χ4n) is 2.18. The molecule has 3 nitrogen and oxygen atoms in total. The van der Waals surface area contributed by atoms with Crippen LogP contribution < -0.4 is 9.47 Å². The molecule has 1 aromatic carbocycles. The van der Waals surface area contributed by atoms with E-state index in [2.05, 4.69) is 31.9 Å². The highest BCUT2D eigenvalue weighted by atomic mass is 79.9. The van der Waals surface area contributed by atoms with Crippen molar-refractivity contribution in [3.05, 3.63) is 42.5 Å². The molecule has 21 heavy (non-hydrogen) atoms. The lowest BCUT2D eigenvalue weighted by Gasteiger charge is -2.15. The van der Waals surface area contributed by atoms with Crippen LogP contribution in [0.1, 0.15) is 28.5 Å². The molecule has 1 atom stereocenters.